The SMILES string of the molecule is C(=Cc1ccc2cc(-c3ccc(-c4ccccc4)cc3)ccc2c1)c1ccc2cc(-c3ccc(C=C(c4ccccc4)c4ccccc4)cc3)ccc2c1. The molecule has 0 saturated carbocycles. The number of hydrogen-bond donors (Lipinski definition) is 0. The van der Waals surface area contributed by atoms with Crippen molar-refractivity contribution < 1.29 is 0 Å². The topological polar surface area (TPSA) is 0 Å². The molecule has 0 spiro atoms. The second-order valence-corrected chi connectivity index (χ2v) is 13.8. The highest BCUT2D eigenvalue weighted by molar-refractivity contribution is 5.93. The van der Waals surface area contributed by atoms with E-state index in [-0.39, 0.29) is 0 Å². The van der Waals surface area contributed by atoms with Crippen molar-refractivity contribution in [3.8, 4) is 33.4 Å². The van der Waals surface area contributed by atoms with E-state index in [1.165, 1.54) is 88.3 Å². The Morgan fingerprint density at radius 1 is 0.259 bits per heavy atom. The molecule has 0 atom stereocenters. The Kier molecular flexibility index (Phi) is 9.07. The monoisotopic (exact) mass is 686 g/mol. The Morgan fingerprint density at radius 2 is 0.593 bits per heavy atom. The first kappa shape index (κ1) is 32.9. The minimum absolute atomic E-state index is 1.18. The van der Waals surface area contributed by atoms with E-state index in [0.717, 1.165) is 0 Å². The van der Waals surface area contributed by atoms with E-state index in [0.29, 0.717) is 0 Å². The lowest BCUT2D eigenvalue weighted by Crippen LogP contribution is -1.88. The summed E-state index contributed by atoms with van der Waals surface area (Å²) in [7, 11) is 0. The number of rotatable bonds is 8. The molecule has 54 heavy (non-hydrogen) atoms. The van der Waals surface area contributed by atoms with E-state index in [4.69, 9.17) is 0 Å². The maximum Gasteiger partial charge on any atom is -0.0105 e. The minimum Gasteiger partial charge on any atom is -0.0622 e. The van der Waals surface area contributed by atoms with Crippen LogP contribution in [0, 0.1) is 0 Å². The molecule has 9 aromatic carbocycles. The molecule has 0 aliphatic rings. The van der Waals surface area contributed by atoms with Gasteiger partial charge in [0.25, 0.3) is 0 Å². The first-order chi connectivity index (χ1) is 26.7. The summed E-state index contributed by atoms with van der Waals surface area (Å²) in [4.78, 5) is 0. The summed E-state index contributed by atoms with van der Waals surface area (Å²) in [6, 6.07) is 76.4. The fraction of sp³-hybridized carbons (Fsp3) is 0. The van der Waals surface area contributed by atoms with Crippen LogP contribution < -0.4 is 0 Å². The van der Waals surface area contributed by atoms with Gasteiger partial charge < -0.3 is 0 Å². The van der Waals surface area contributed by atoms with Gasteiger partial charge in [-0.15, -0.1) is 0 Å². The summed E-state index contributed by atoms with van der Waals surface area (Å²) < 4.78 is 0. The van der Waals surface area contributed by atoms with Crippen molar-refractivity contribution in [1.82, 2.24) is 0 Å². The average molecular weight is 687 g/mol. The molecular weight excluding hydrogens is 649 g/mol. The lowest BCUT2D eigenvalue weighted by atomic mass is 9.95. The summed E-state index contributed by atoms with van der Waals surface area (Å²) in [6.45, 7) is 0. The van der Waals surface area contributed by atoms with Crippen LogP contribution in [-0.4, -0.2) is 0 Å². The van der Waals surface area contributed by atoms with Gasteiger partial charge in [-0.25, -0.2) is 0 Å². The number of benzene rings is 9. The van der Waals surface area contributed by atoms with Crippen molar-refractivity contribution in [1.29, 1.82) is 0 Å². The zero-order valence-corrected chi connectivity index (χ0v) is 29.9. The summed E-state index contributed by atoms with van der Waals surface area (Å²) in [5, 5.41) is 4.96. The summed E-state index contributed by atoms with van der Waals surface area (Å²) in [5.41, 5.74) is 14.6. The van der Waals surface area contributed by atoms with Gasteiger partial charge in [0.1, 0.15) is 0 Å². The Morgan fingerprint density at radius 3 is 1.07 bits per heavy atom. The standard InChI is InChI=1S/C54H38/c1-4-10-42(11-5-1)43-26-28-45(29-27-43)51-33-31-49-35-40(21-25-53(49)38-51)17-16-39-20-24-52-37-50(32-30-48(52)34-39)44-22-18-41(19-23-44)36-54(46-12-6-2-7-13-46)47-14-8-3-9-15-47/h1-38H. The number of fused-ring (bicyclic) bond motifs is 2. The maximum absolute atomic E-state index is 2.29. The van der Waals surface area contributed by atoms with Gasteiger partial charge in [-0.1, -0.05) is 200 Å². The van der Waals surface area contributed by atoms with Crippen molar-refractivity contribution >= 4 is 45.3 Å². The van der Waals surface area contributed by atoms with Gasteiger partial charge in [-0.05, 0) is 119 Å². The number of hydrogen-bond acceptors (Lipinski definition) is 0. The molecule has 0 nitrogen and oxygen atoms in total. The summed E-state index contributed by atoms with van der Waals surface area (Å²) in [6.07, 6.45) is 6.70. The van der Waals surface area contributed by atoms with Crippen LogP contribution in [0.5, 0.6) is 0 Å². The average Bonchev–Trinajstić information content (AvgIpc) is 3.25. The van der Waals surface area contributed by atoms with Crippen LogP contribution in [0.3, 0.4) is 0 Å². The first-order valence-corrected chi connectivity index (χ1v) is 18.6. The first-order valence-electron chi connectivity index (χ1n) is 18.6. The molecular formula is C54H38. The maximum atomic E-state index is 2.29. The highest BCUT2D eigenvalue weighted by Crippen LogP contribution is 2.31. The van der Waals surface area contributed by atoms with Gasteiger partial charge in [0.2, 0.25) is 0 Å². The third-order valence-corrected chi connectivity index (χ3v) is 10.2. The molecule has 9 aromatic rings. The van der Waals surface area contributed by atoms with Crippen LogP contribution in [0.25, 0.3) is 78.7 Å². The summed E-state index contributed by atoms with van der Waals surface area (Å²) >= 11 is 0. The van der Waals surface area contributed by atoms with Crippen LogP contribution in [0.15, 0.2) is 212 Å². The molecule has 0 bridgehead atoms. The van der Waals surface area contributed by atoms with Crippen molar-refractivity contribution in [2.75, 3.05) is 0 Å². The Bertz CT molecular complexity index is 2710. The molecule has 0 heteroatoms. The third kappa shape index (κ3) is 7.19. The molecule has 0 heterocycles. The smallest absolute Gasteiger partial charge is 0.0105 e. The van der Waals surface area contributed by atoms with Gasteiger partial charge in [0.15, 0.2) is 0 Å². The van der Waals surface area contributed by atoms with E-state index < -0.39 is 0 Å². The van der Waals surface area contributed by atoms with Crippen LogP contribution in [0.2, 0.25) is 0 Å². The van der Waals surface area contributed by atoms with Gasteiger partial charge in [-0.2, -0.15) is 0 Å². The van der Waals surface area contributed by atoms with Crippen LogP contribution >= 0.6 is 0 Å². The van der Waals surface area contributed by atoms with Gasteiger partial charge in [-0.3, -0.25) is 0 Å². The molecule has 0 amide bonds. The Hall–Kier alpha value is -7.02. The third-order valence-electron chi connectivity index (χ3n) is 10.2. The zero-order chi connectivity index (χ0) is 36.1. The van der Waals surface area contributed by atoms with Crippen LogP contribution in [0.1, 0.15) is 27.8 Å². The van der Waals surface area contributed by atoms with Crippen molar-refractivity contribution in [2.24, 2.45) is 0 Å². The van der Waals surface area contributed by atoms with E-state index in [9.17, 15) is 0 Å². The highest BCUT2D eigenvalue weighted by Gasteiger charge is 2.07. The molecule has 9 rings (SSSR count). The predicted molar refractivity (Wildman–Crippen MR) is 233 cm³/mol. The van der Waals surface area contributed by atoms with Crippen molar-refractivity contribution in [2.45, 2.75) is 0 Å². The Labute approximate surface area is 317 Å². The molecule has 0 unspecified atom stereocenters. The molecule has 0 N–H and O–H groups in total. The molecule has 0 aliphatic carbocycles. The second kappa shape index (κ2) is 14.9. The van der Waals surface area contributed by atoms with Gasteiger partial charge in [0.05, 0.1) is 0 Å². The molecule has 0 aliphatic heterocycles. The molecule has 0 aromatic heterocycles. The summed E-state index contributed by atoms with van der Waals surface area (Å²) in [5.74, 6) is 0. The lowest BCUT2D eigenvalue weighted by Gasteiger charge is -2.10. The molecule has 254 valence electrons. The molecule has 0 saturated heterocycles. The van der Waals surface area contributed by atoms with E-state index in [2.05, 4.69) is 231 Å². The highest BCUT2D eigenvalue weighted by atomic mass is 14.1. The van der Waals surface area contributed by atoms with Crippen molar-refractivity contribution in [3.63, 3.8) is 0 Å². The van der Waals surface area contributed by atoms with Gasteiger partial charge >= 0.3 is 0 Å². The lowest BCUT2D eigenvalue weighted by molar-refractivity contribution is 1.55. The second-order valence-electron chi connectivity index (χ2n) is 13.8. The normalized spacial score (nSPS) is 11.3. The fourth-order valence-electron chi connectivity index (χ4n) is 7.28. The van der Waals surface area contributed by atoms with Gasteiger partial charge in [0, 0.05) is 0 Å². The van der Waals surface area contributed by atoms with Crippen LogP contribution in [0.4, 0.5) is 0 Å². The van der Waals surface area contributed by atoms with Crippen LogP contribution in [-0.2, 0) is 0 Å². The molecule has 0 fully saturated rings. The fourth-order valence-corrected chi connectivity index (χ4v) is 7.28. The quantitative estimate of drug-likeness (QED) is 0.140. The zero-order valence-electron chi connectivity index (χ0n) is 29.9. The molecule has 0 radical (unpaired) electrons. The predicted octanol–water partition coefficient (Wildman–Crippen LogP) is 14.8. The Balaban J connectivity index is 0.899. The van der Waals surface area contributed by atoms with Crippen molar-refractivity contribution in [3.05, 3.63) is 240 Å². The largest absolute Gasteiger partial charge is 0.0622 e. The van der Waals surface area contributed by atoms with E-state index >= 15 is 0 Å². The van der Waals surface area contributed by atoms with E-state index in [1.54, 1.807) is 0 Å². The van der Waals surface area contributed by atoms with E-state index in [1.807, 2.05) is 0 Å². The minimum atomic E-state index is 1.18.